The van der Waals surface area contributed by atoms with E-state index in [1.165, 1.54) is 0 Å². The summed E-state index contributed by atoms with van der Waals surface area (Å²) in [6.45, 7) is 5.26. The van der Waals surface area contributed by atoms with Crippen LogP contribution in [0.25, 0.3) is 0 Å². The molecule has 0 spiro atoms. The summed E-state index contributed by atoms with van der Waals surface area (Å²) in [7, 11) is -3.20. The van der Waals surface area contributed by atoms with Crippen LogP contribution in [0.3, 0.4) is 0 Å². The molecule has 0 atom stereocenters. The number of aryl methyl sites for hydroxylation is 1. The van der Waals surface area contributed by atoms with Crippen LogP contribution in [0.1, 0.15) is 25.1 Å². The van der Waals surface area contributed by atoms with Gasteiger partial charge in [-0.3, -0.25) is 4.98 Å². The topological polar surface area (TPSA) is 73.0 Å². The van der Waals surface area contributed by atoms with E-state index in [1.54, 1.807) is 26.1 Å². The minimum absolute atomic E-state index is 0.0317. The summed E-state index contributed by atoms with van der Waals surface area (Å²) in [6, 6.07) is 3.64. The molecule has 2 N–H and O–H groups in total. The van der Waals surface area contributed by atoms with Gasteiger partial charge in [0.1, 0.15) is 0 Å². The van der Waals surface area contributed by atoms with Gasteiger partial charge >= 0.3 is 0 Å². The van der Waals surface area contributed by atoms with Crippen molar-refractivity contribution in [1.82, 2.24) is 4.98 Å². The molecule has 0 aliphatic heterocycles. The fourth-order valence-electron chi connectivity index (χ4n) is 1.50. The second-order valence-electron chi connectivity index (χ2n) is 4.79. The molecule has 0 bridgehead atoms. The number of nitrogens with two attached hydrogens (primary N) is 1. The van der Waals surface area contributed by atoms with E-state index in [1.807, 2.05) is 13.0 Å². The van der Waals surface area contributed by atoms with Crippen LogP contribution >= 0.6 is 0 Å². The van der Waals surface area contributed by atoms with Crippen LogP contribution in [-0.4, -0.2) is 24.7 Å². The summed E-state index contributed by atoms with van der Waals surface area (Å²) in [5.41, 5.74) is 6.50. The van der Waals surface area contributed by atoms with E-state index < -0.39 is 15.4 Å². The van der Waals surface area contributed by atoms with E-state index in [-0.39, 0.29) is 11.5 Å². The van der Waals surface area contributed by atoms with Crippen LogP contribution in [0.4, 0.5) is 0 Å². The number of nitrogens with zero attached hydrogens (tertiary/aromatic N) is 1. The molecule has 0 saturated heterocycles. The van der Waals surface area contributed by atoms with Crippen molar-refractivity contribution in [1.29, 1.82) is 0 Å². The second-order valence-corrected chi connectivity index (χ2v) is 6.85. The number of hydrogen-bond donors (Lipinski definition) is 1. The largest absolute Gasteiger partial charge is 0.325 e. The number of hydrogen-bond acceptors (Lipinski definition) is 4. The van der Waals surface area contributed by atoms with Crippen LogP contribution < -0.4 is 5.73 Å². The SMILES string of the molecule is Cc1cccnc1CS(=O)(=O)CC(C)(C)N. The molecule has 0 aromatic carbocycles. The zero-order valence-corrected chi connectivity index (χ0v) is 10.7. The van der Waals surface area contributed by atoms with Gasteiger partial charge in [0.25, 0.3) is 0 Å². The summed E-state index contributed by atoms with van der Waals surface area (Å²) in [4.78, 5) is 4.07. The quantitative estimate of drug-likeness (QED) is 0.856. The molecule has 1 rings (SSSR count). The summed E-state index contributed by atoms with van der Waals surface area (Å²) >= 11 is 0. The van der Waals surface area contributed by atoms with Gasteiger partial charge in [-0.2, -0.15) is 0 Å². The maximum atomic E-state index is 11.8. The number of pyridine rings is 1. The third-order valence-electron chi connectivity index (χ3n) is 2.07. The second kappa shape index (κ2) is 4.51. The minimum atomic E-state index is -3.20. The molecule has 1 heterocycles. The third kappa shape index (κ3) is 4.28. The number of sulfone groups is 1. The van der Waals surface area contributed by atoms with Crippen LogP contribution in [0, 0.1) is 6.92 Å². The Bertz CT molecular complexity index is 461. The highest BCUT2D eigenvalue weighted by atomic mass is 32.2. The molecule has 1 aromatic heterocycles. The van der Waals surface area contributed by atoms with Crippen molar-refractivity contribution < 1.29 is 8.42 Å². The van der Waals surface area contributed by atoms with E-state index in [0.29, 0.717) is 5.69 Å². The van der Waals surface area contributed by atoms with Crippen molar-refractivity contribution >= 4 is 9.84 Å². The van der Waals surface area contributed by atoms with Crippen LogP contribution in [-0.2, 0) is 15.6 Å². The first-order valence-electron chi connectivity index (χ1n) is 5.09. The summed E-state index contributed by atoms with van der Waals surface area (Å²) in [5.74, 6) is -0.0731. The first kappa shape index (κ1) is 13.1. The van der Waals surface area contributed by atoms with E-state index in [0.717, 1.165) is 5.56 Å². The predicted octanol–water partition coefficient (Wildman–Crippen LogP) is 1.04. The molecule has 0 amide bonds. The Morgan fingerprint density at radius 1 is 1.44 bits per heavy atom. The Balaban J connectivity index is 2.86. The standard InChI is InChI=1S/C11H18N2O2S/c1-9-5-4-6-13-10(9)7-16(14,15)8-11(2,3)12/h4-6H,7-8,12H2,1-3H3. The Kier molecular flexibility index (Phi) is 3.70. The summed E-state index contributed by atoms with van der Waals surface area (Å²) in [6.07, 6.45) is 1.60. The highest BCUT2D eigenvalue weighted by molar-refractivity contribution is 7.90. The molecule has 0 aliphatic rings. The molecule has 0 unspecified atom stereocenters. The Labute approximate surface area is 96.8 Å². The zero-order chi connectivity index (χ0) is 12.4. The highest BCUT2D eigenvalue weighted by Gasteiger charge is 2.23. The maximum absolute atomic E-state index is 11.8. The van der Waals surface area contributed by atoms with Crippen molar-refractivity contribution in [3.05, 3.63) is 29.6 Å². The van der Waals surface area contributed by atoms with Crippen molar-refractivity contribution in [2.45, 2.75) is 32.1 Å². The summed E-state index contributed by atoms with van der Waals surface area (Å²) < 4.78 is 23.7. The van der Waals surface area contributed by atoms with E-state index in [4.69, 9.17) is 5.73 Å². The van der Waals surface area contributed by atoms with Crippen LogP contribution in [0.5, 0.6) is 0 Å². The van der Waals surface area contributed by atoms with Crippen molar-refractivity contribution in [2.75, 3.05) is 5.75 Å². The lowest BCUT2D eigenvalue weighted by Gasteiger charge is -2.18. The van der Waals surface area contributed by atoms with Gasteiger partial charge in [-0.25, -0.2) is 8.42 Å². The molecule has 1 aromatic rings. The number of aromatic nitrogens is 1. The normalized spacial score (nSPS) is 12.8. The van der Waals surface area contributed by atoms with Gasteiger partial charge in [-0.15, -0.1) is 0 Å². The molecule has 0 saturated carbocycles. The first-order chi connectivity index (χ1) is 7.20. The molecular weight excluding hydrogens is 224 g/mol. The smallest absolute Gasteiger partial charge is 0.157 e. The lowest BCUT2D eigenvalue weighted by molar-refractivity contribution is 0.543. The summed E-state index contributed by atoms with van der Waals surface area (Å²) in [5, 5.41) is 0. The highest BCUT2D eigenvalue weighted by Crippen LogP contribution is 2.12. The predicted molar refractivity (Wildman–Crippen MR) is 64.7 cm³/mol. The number of rotatable bonds is 4. The van der Waals surface area contributed by atoms with Crippen LogP contribution in [0.15, 0.2) is 18.3 Å². The fourth-order valence-corrected chi connectivity index (χ4v) is 3.45. The molecule has 5 heteroatoms. The van der Waals surface area contributed by atoms with Crippen molar-refractivity contribution in [3.8, 4) is 0 Å². The molecular formula is C11H18N2O2S. The lowest BCUT2D eigenvalue weighted by Crippen LogP contribution is -2.40. The van der Waals surface area contributed by atoms with Crippen molar-refractivity contribution in [2.24, 2.45) is 5.73 Å². The van der Waals surface area contributed by atoms with Gasteiger partial charge in [0.2, 0.25) is 0 Å². The average molecular weight is 242 g/mol. The average Bonchev–Trinajstić information content (AvgIpc) is 2.04. The Hall–Kier alpha value is -0.940. The van der Waals surface area contributed by atoms with Gasteiger partial charge in [0.05, 0.1) is 17.2 Å². The van der Waals surface area contributed by atoms with E-state index in [2.05, 4.69) is 4.98 Å². The lowest BCUT2D eigenvalue weighted by atomic mass is 10.1. The van der Waals surface area contributed by atoms with E-state index in [9.17, 15) is 8.42 Å². The molecule has 0 aliphatic carbocycles. The molecule has 0 radical (unpaired) electrons. The molecule has 4 nitrogen and oxygen atoms in total. The molecule has 0 fully saturated rings. The Morgan fingerprint density at radius 3 is 2.56 bits per heavy atom. The Morgan fingerprint density at radius 2 is 2.06 bits per heavy atom. The monoisotopic (exact) mass is 242 g/mol. The van der Waals surface area contributed by atoms with Gasteiger partial charge in [-0.05, 0) is 32.4 Å². The fraction of sp³-hybridized carbons (Fsp3) is 0.545. The first-order valence-corrected chi connectivity index (χ1v) is 6.91. The van der Waals surface area contributed by atoms with Gasteiger partial charge in [0, 0.05) is 11.7 Å². The van der Waals surface area contributed by atoms with E-state index >= 15 is 0 Å². The minimum Gasteiger partial charge on any atom is -0.325 e. The maximum Gasteiger partial charge on any atom is 0.157 e. The molecule has 16 heavy (non-hydrogen) atoms. The van der Waals surface area contributed by atoms with Gasteiger partial charge in [0.15, 0.2) is 9.84 Å². The zero-order valence-electron chi connectivity index (χ0n) is 9.90. The molecule has 90 valence electrons. The van der Waals surface area contributed by atoms with Crippen molar-refractivity contribution in [3.63, 3.8) is 0 Å². The third-order valence-corrected chi connectivity index (χ3v) is 3.96. The van der Waals surface area contributed by atoms with Gasteiger partial charge in [-0.1, -0.05) is 6.07 Å². The van der Waals surface area contributed by atoms with Gasteiger partial charge < -0.3 is 5.73 Å². The van der Waals surface area contributed by atoms with Crippen LogP contribution in [0.2, 0.25) is 0 Å².